The molecule has 0 aliphatic rings. The minimum Gasteiger partial charge on any atom is -0.480 e. The number of nitrogens with two attached hydrogens (primary N) is 1. The Kier molecular flexibility index (Phi) is 3.60. The second-order valence-electron chi connectivity index (χ2n) is 2.82. The second-order valence-corrected chi connectivity index (χ2v) is 3.73. The van der Waals surface area contributed by atoms with E-state index >= 15 is 0 Å². The molecule has 3 N–H and O–H groups in total. The van der Waals surface area contributed by atoms with Crippen LogP contribution in [0.1, 0.15) is 11.7 Å². The molecule has 0 saturated carbocycles. The Labute approximate surface area is 88.9 Å². The third-order valence-electron chi connectivity index (χ3n) is 1.79. The highest BCUT2D eigenvalue weighted by molar-refractivity contribution is 9.10. The standard InChI is InChI=1S/C9H9BrFNO2/c10-6-3-1-5(2-4-6)7(11)8(12)9(13)14/h1-4,7-8H,12H2,(H,13,14). The van der Waals surface area contributed by atoms with Crippen LogP contribution >= 0.6 is 15.9 Å². The van der Waals surface area contributed by atoms with Crippen LogP contribution in [0.5, 0.6) is 0 Å². The fourth-order valence-corrected chi connectivity index (χ4v) is 1.24. The van der Waals surface area contributed by atoms with Gasteiger partial charge in [0.1, 0.15) is 6.04 Å². The van der Waals surface area contributed by atoms with Gasteiger partial charge in [0.05, 0.1) is 0 Å². The normalized spacial score (nSPS) is 14.8. The van der Waals surface area contributed by atoms with Crippen LogP contribution in [-0.2, 0) is 4.79 Å². The Morgan fingerprint density at radius 1 is 1.43 bits per heavy atom. The largest absolute Gasteiger partial charge is 0.480 e. The van der Waals surface area contributed by atoms with E-state index in [0.29, 0.717) is 0 Å². The van der Waals surface area contributed by atoms with E-state index in [1.807, 2.05) is 0 Å². The van der Waals surface area contributed by atoms with Crippen molar-refractivity contribution in [1.29, 1.82) is 0 Å². The zero-order valence-electron chi connectivity index (χ0n) is 7.15. The molecule has 0 spiro atoms. The number of alkyl halides is 1. The Balaban J connectivity index is 2.84. The van der Waals surface area contributed by atoms with Gasteiger partial charge in [0.15, 0.2) is 6.17 Å². The fourth-order valence-electron chi connectivity index (χ4n) is 0.979. The molecule has 0 fully saturated rings. The predicted molar refractivity (Wildman–Crippen MR) is 53.6 cm³/mol. The highest BCUT2D eigenvalue weighted by atomic mass is 79.9. The lowest BCUT2D eigenvalue weighted by molar-refractivity contribution is -0.140. The molecule has 2 unspecified atom stereocenters. The zero-order chi connectivity index (χ0) is 10.7. The molecular formula is C9H9BrFNO2. The van der Waals surface area contributed by atoms with E-state index in [1.54, 1.807) is 12.1 Å². The van der Waals surface area contributed by atoms with Gasteiger partial charge in [0.2, 0.25) is 0 Å². The molecule has 1 rings (SSSR count). The van der Waals surface area contributed by atoms with Gasteiger partial charge in [-0.1, -0.05) is 28.1 Å². The maximum atomic E-state index is 13.4. The second kappa shape index (κ2) is 4.52. The highest BCUT2D eigenvalue weighted by Gasteiger charge is 2.25. The monoisotopic (exact) mass is 261 g/mol. The number of carboxylic acids is 1. The zero-order valence-corrected chi connectivity index (χ0v) is 8.74. The maximum Gasteiger partial charge on any atom is 0.323 e. The molecule has 1 aromatic carbocycles. The molecule has 3 nitrogen and oxygen atoms in total. The van der Waals surface area contributed by atoms with Crippen molar-refractivity contribution < 1.29 is 14.3 Å². The van der Waals surface area contributed by atoms with Gasteiger partial charge >= 0.3 is 5.97 Å². The molecule has 1 aromatic rings. The summed E-state index contributed by atoms with van der Waals surface area (Å²) in [5, 5.41) is 8.49. The van der Waals surface area contributed by atoms with Gasteiger partial charge in [0.25, 0.3) is 0 Å². The first kappa shape index (κ1) is 11.1. The summed E-state index contributed by atoms with van der Waals surface area (Å²) in [7, 11) is 0. The molecule has 2 atom stereocenters. The third-order valence-corrected chi connectivity index (χ3v) is 2.32. The van der Waals surface area contributed by atoms with Gasteiger partial charge in [-0.3, -0.25) is 4.79 Å². The number of aliphatic carboxylic acids is 1. The van der Waals surface area contributed by atoms with E-state index in [-0.39, 0.29) is 5.56 Å². The number of carbonyl (C=O) groups is 1. The molecule has 0 amide bonds. The van der Waals surface area contributed by atoms with Crippen molar-refractivity contribution in [2.45, 2.75) is 12.2 Å². The molecule has 5 heteroatoms. The van der Waals surface area contributed by atoms with Crippen molar-refractivity contribution >= 4 is 21.9 Å². The molecule has 0 aromatic heterocycles. The molecule has 0 aliphatic heterocycles. The Hall–Kier alpha value is -0.940. The SMILES string of the molecule is NC(C(=O)O)C(F)c1ccc(Br)cc1. The molecule has 0 radical (unpaired) electrons. The summed E-state index contributed by atoms with van der Waals surface area (Å²) in [6.07, 6.45) is -1.68. The highest BCUT2D eigenvalue weighted by Crippen LogP contribution is 2.22. The van der Waals surface area contributed by atoms with Crippen molar-refractivity contribution in [3.63, 3.8) is 0 Å². The van der Waals surface area contributed by atoms with Crippen LogP contribution in [0.25, 0.3) is 0 Å². The van der Waals surface area contributed by atoms with E-state index in [1.165, 1.54) is 12.1 Å². The van der Waals surface area contributed by atoms with Crippen molar-refractivity contribution in [2.75, 3.05) is 0 Å². The van der Waals surface area contributed by atoms with Gasteiger partial charge in [-0.05, 0) is 17.7 Å². The first-order valence-electron chi connectivity index (χ1n) is 3.90. The van der Waals surface area contributed by atoms with Crippen LogP contribution in [0.15, 0.2) is 28.7 Å². The van der Waals surface area contributed by atoms with Gasteiger partial charge in [-0.2, -0.15) is 0 Å². The van der Waals surface area contributed by atoms with E-state index < -0.39 is 18.2 Å². The molecule has 0 aliphatic carbocycles. The quantitative estimate of drug-likeness (QED) is 0.874. The molecule has 0 saturated heterocycles. The Bertz CT molecular complexity index is 328. The number of carboxylic acid groups (broad SMARTS) is 1. The number of benzene rings is 1. The van der Waals surface area contributed by atoms with Crippen LogP contribution in [0.4, 0.5) is 4.39 Å². The van der Waals surface area contributed by atoms with E-state index in [0.717, 1.165) is 4.47 Å². The first-order valence-corrected chi connectivity index (χ1v) is 4.69. The summed E-state index contributed by atoms with van der Waals surface area (Å²) >= 11 is 3.19. The molecule has 76 valence electrons. The molecule has 0 bridgehead atoms. The van der Waals surface area contributed by atoms with Crippen LogP contribution in [0.3, 0.4) is 0 Å². The van der Waals surface area contributed by atoms with Gasteiger partial charge in [-0.25, -0.2) is 4.39 Å². The van der Waals surface area contributed by atoms with Crippen molar-refractivity contribution in [2.24, 2.45) is 5.73 Å². The average molecular weight is 262 g/mol. The Morgan fingerprint density at radius 2 is 1.93 bits per heavy atom. The van der Waals surface area contributed by atoms with Crippen molar-refractivity contribution in [1.82, 2.24) is 0 Å². The molecule has 14 heavy (non-hydrogen) atoms. The average Bonchev–Trinajstić information content (AvgIpc) is 2.16. The van der Waals surface area contributed by atoms with Crippen molar-refractivity contribution in [3.8, 4) is 0 Å². The molecule has 0 heterocycles. The summed E-state index contributed by atoms with van der Waals surface area (Å²) < 4.78 is 14.2. The van der Waals surface area contributed by atoms with E-state index in [2.05, 4.69) is 15.9 Å². The van der Waals surface area contributed by atoms with Crippen LogP contribution in [-0.4, -0.2) is 17.1 Å². The number of rotatable bonds is 3. The summed E-state index contributed by atoms with van der Waals surface area (Å²) in [5.74, 6) is -1.35. The lowest BCUT2D eigenvalue weighted by Crippen LogP contribution is -2.34. The van der Waals surface area contributed by atoms with Crippen LogP contribution in [0.2, 0.25) is 0 Å². The summed E-state index contributed by atoms with van der Waals surface area (Å²) in [6.45, 7) is 0. The number of halogens is 2. The van der Waals surface area contributed by atoms with Crippen LogP contribution in [0, 0.1) is 0 Å². The van der Waals surface area contributed by atoms with Gasteiger partial charge in [-0.15, -0.1) is 0 Å². The topological polar surface area (TPSA) is 63.3 Å². The predicted octanol–water partition coefficient (Wildman–Crippen LogP) is 1.87. The number of hydrogen-bond donors (Lipinski definition) is 2. The summed E-state index contributed by atoms with van der Waals surface area (Å²) in [5.41, 5.74) is 5.41. The lowest BCUT2D eigenvalue weighted by atomic mass is 10.0. The minimum absolute atomic E-state index is 0.267. The van der Waals surface area contributed by atoms with Gasteiger partial charge in [0, 0.05) is 4.47 Å². The van der Waals surface area contributed by atoms with Gasteiger partial charge < -0.3 is 10.8 Å². The van der Waals surface area contributed by atoms with Crippen molar-refractivity contribution in [3.05, 3.63) is 34.3 Å². The smallest absolute Gasteiger partial charge is 0.323 e. The van der Waals surface area contributed by atoms with E-state index in [4.69, 9.17) is 10.8 Å². The minimum atomic E-state index is -1.68. The first-order chi connectivity index (χ1) is 6.52. The lowest BCUT2D eigenvalue weighted by Gasteiger charge is -2.12. The fraction of sp³-hybridized carbons (Fsp3) is 0.222. The summed E-state index contributed by atoms with van der Waals surface area (Å²) in [4.78, 5) is 10.4. The number of hydrogen-bond acceptors (Lipinski definition) is 2. The molecular weight excluding hydrogens is 253 g/mol. The summed E-state index contributed by atoms with van der Waals surface area (Å²) in [6, 6.07) is 4.75. The third kappa shape index (κ3) is 2.52. The van der Waals surface area contributed by atoms with E-state index in [9.17, 15) is 9.18 Å². The maximum absolute atomic E-state index is 13.4. The Morgan fingerprint density at radius 3 is 2.36 bits per heavy atom. The van der Waals surface area contributed by atoms with Crippen LogP contribution < -0.4 is 5.73 Å².